The molecule has 0 atom stereocenters. The lowest BCUT2D eigenvalue weighted by Crippen LogP contribution is -2.25. The first-order valence-electron chi connectivity index (χ1n) is 9.88. The molecule has 1 amide bonds. The molecule has 2 aromatic heterocycles. The standard InChI is InChI=1S/C23H24N4O3/c1-14-5-7-17(11-15(14)2)27-23(29)19-13-25-20-8-6-16(12-18(20)21(19)26-27)22(28)24-9-4-10-30-3/h5-8,11-13,26H,4,9-10H2,1-3H3,(H,24,28). The van der Waals surface area contributed by atoms with Crippen LogP contribution >= 0.6 is 0 Å². The van der Waals surface area contributed by atoms with Crippen molar-refractivity contribution >= 4 is 27.7 Å². The van der Waals surface area contributed by atoms with E-state index in [4.69, 9.17) is 4.74 Å². The highest BCUT2D eigenvalue weighted by molar-refractivity contribution is 6.06. The summed E-state index contributed by atoms with van der Waals surface area (Å²) in [5.74, 6) is -0.166. The molecule has 0 unspecified atom stereocenters. The number of rotatable bonds is 6. The molecular formula is C23H24N4O3. The summed E-state index contributed by atoms with van der Waals surface area (Å²) in [4.78, 5) is 29.9. The number of H-pyrrole nitrogens is 1. The number of fused-ring (bicyclic) bond motifs is 3. The molecule has 4 rings (SSSR count). The van der Waals surface area contributed by atoms with E-state index in [-0.39, 0.29) is 11.5 Å². The van der Waals surface area contributed by atoms with Crippen molar-refractivity contribution in [3.63, 3.8) is 0 Å². The van der Waals surface area contributed by atoms with E-state index in [1.165, 1.54) is 4.68 Å². The second kappa shape index (κ2) is 8.12. The lowest BCUT2D eigenvalue weighted by molar-refractivity contribution is 0.0948. The number of carbonyl (C=O) groups excluding carboxylic acids is 1. The van der Waals surface area contributed by atoms with Crippen LogP contribution in [0.1, 0.15) is 27.9 Å². The number of hydrogen-bond acceptors (Lipinski definition) is 4. The van der Waals surface area contributed by atoms with Gasteiger partial charge in [0.05, 0.1) is 22.1 Å². The monoisotopic (exact) mass is 404 g/mol. The Morgan fingerprint density at radius 1 is 1.13 bits per heavy atom. The maximum atomic E-state index is 13.0. The van der Waals surface area contributed by atoms with Gasteiger partial charge in [0.1, 0.15) is 0 Å². The minimum absolute atomic E-state index is 0.166. The SMILES string of the molecule is COCCCNC(=O)c1ccc2ncc3c(=O)n(-c4ccc(C)c(C)c4)[nH]c3c2c1. The maximum absolute atomic E-state index is 13.0. The lowest BCUT2D eigenvalue weighted by atomic mass is 10.1. The number of aryl methyl sites for hydroxylation is 2. The van der Waals surface area contributed by atoms with E-state index in [1.807, 2.05) is 32.0 Å². The lowest BCUT2D eigenvalue weighted by Gasteiger charge is -2.06. The van der Waals surface area contributed by atoms with Crippen LogP contribution in [0, 0.1) is 13.8 Å². The molecule has 0 saturated heterocycles. The van der Waals surface area contributed by atoms with Crippen molar-refractivity contribution in [1.29, 1.82) is 0 Å². The van der Waals surface area contributed by atoms with E-state index in [2.05, 4.69) is 15.4 Å². The zero-order valence-electron chi connectivity index (χ0n) is 17.3. The van der Waals surface area contributed by atoms with Gasteiger partial charge in [-0.25, -0.2) is 4.68 Å². The van der Waals surface area contributed by atoms with Crippen molar-refractivity contribution in [2.75, 3.05) is 20.3 Å². The van der Waals surface area contributed by atoms with Gasteiger partial charge in [-0.05, 0) is 61.7 Å². The first-order valence-corrected chi connectivity index (χ1v) is 9.88. The predicted octanol–water partition coefficient (Wildman–Crippen LogP) is 3.25. The van der Waals surface area contributed by atoms with Crippen LogP contribution in [0.5, 0.6) is 0 Å². The number of nitrogens with zero attached hydrogens (tertiary/aromatic N) is 2. The molecule has 0 radical (unpaired) electrons. The Balaban J connectivity index is 1.77. The number of pyridine rings is 1. The summed E-state index contributed by atoms with van der Waals surface area (Å²) < 4.78 is 6.53. The third-order valence-corrected chi connectivity index (χ3v) is 5.35. The molecule has 0 spiro atoms. The first kappa shape index (κ1) is 19.8. The van der Waals surface area contributed by atoms with Crippen molar-refractivity contribution in [2.24, 2.45) is 0 Å². The molecule has 0 aliphatic carbocycles. The summed E-state index contributed by atoms with van der Waals surface area (Å²) in [6, 6.07) is 11.2. The smallest absolute Gasteiger partial charge is 0.280 e. The number of carbonyl (C=O) groups is 1. The van der Waals surface area contributed by atoms with E-state index in [0.717, 1.165) is 28.6 Å². The number of methoxy groups -OCH3 is 1. The van der Waals surface area contributed by atoms with Gasteiger partial charge in [-0.3, -0.25) is 19.7 Å². The number of aromatic amines is 1. The molecule has 0 saturated carbocycles. The largest absolute Gasteiger partial charge is 0.385 e. The van der Waals surface area contributed by atoms with Crippen LogP contribution in [-0.4, -0.2) is 40.9 Å². The maximum Gasteiger partial charge on any atom is 0.280 e. The van der Waals surface area contributed by atoms with E-state index in [1.54, 1.807) is 31.5 Å². The average molecular weight is 404 g/mol. The summed E-state index contributed by atoms with van der Waals surface area (Å²) in [5, 5.41) is 7.31. The minimum Gasteiger partial charge on any atom is -0.385 e. The molecule has 7 nitrogen and oxygen atoms in total. The van der Waals surface area contributed by atoms with E-state index >= 15 is 0 Å². The molecule has 154 valence electrons. The second-order valence-electron chi connectivity index (χ2n) is 7.40. The van der Waals surface area contributed by atoms with Gasteiger partial charge in [-0.1, -0.05) is 6.07 Å². The fourth-order valence-electron chi connectivity index (χ4n) is 3.47. The fourth-order valence-corrected chi connectivity index (χ4v) is 3.47. The Morgan fingerprint density at radius 3 is 2.73 bits per heavy atom. The molecule has 2 heterocycles. The van der Waals surface area contributed by atoms with Crippen LogP contribution in [0.15, 0.2) is 47.4 Å². The Hall–Kier alpha value is -3.45. The Bertz CT molecular complexity index is 1300. The summed E-state index contributed by atoms with van der Waals surface area (Å²) in [5.41, 5.74) is 4.76. The summed E-state index contributed by atoms with van der Waals surface area (Å²) in [6.07, 6.45) is 2.33. The average Bonchev–Trinajstić information content (AvgIpc) is 3.09. The third kappa shape index (κ3) is 3.59. The van der Waals surface area contributed by atoms with Gasteiger partial charge >= 0.3 is 0 Å². The highest BCUT2D eigenvalue weighted by Gasteiger charge is 2.14. The number of amides is 1. The molecule has 0 aliphatic rings. The zero-order valence-corrected chi connectivity index (χ0v) is 17.3. The van der Waals surface area contributed by atoms with Crippen molar-refractivity contribution in [2.45, 2.75) is 20.3 Å². The van der Waals surface area contributed by atoms with Crippen LogP contribution < -0.4 is 10.9 Å². The normalized spacial score (nSPS) is 11.3. The molecule has 7 heteroatoms. The quantitative estimate of drug-likeness (QED) is 0.483. The van der Waals surface area contributed by atoms with E-state index in [0.29, 0.717) is 35.1 Å². The highest BCUT2D eigenvalue weighted by atomic mass is 16.5. The number of benzene rings is 2. The minimum atomic E-state index is -0.169. The van der Waals surface area contributed by atoms with Gasteiger partial charge in [-0.15, -0.1) is 0 Å². The van der Waals surface area contributed by atoms with Crippen molar-refractivity contribution in [3.05, 3.63) is 69.6 Å². The third-order valence-electron chi connectivity index (χ3n) is 5.35. The molecule has 30 heavy (non-hydrogen) atoms. The topological polar surface area (TPSA) is 89.0 Å². The molecule has 4 aromatic rings. The number of aromatic nitrogens is 3. The molecule has 0 fully saturated rings. The molecule has 2 aromatic carbocycles. The summed E-state index contributed by atoms with van der Waals surface area (Å²) in [6.45, 7) is 5.18. The predicted molar refractivity (Wildman–Crippen MR) is 117 cm³/mol. The van der Waals surface area contributed by atoms with Gasteiger partial charge in [0.25, 0.3) is 11.5 Å². The van der Waals surface area contributed by atoms with Crippen LogP contribution in [-0.2, 0) is 4.74 Å². The van der Waals surface area contributed by atoms with Gasteiger partial charge < -0.3 is 10.1 Å². The Labute approximate surface area is 173 Å². The van der Waals surface area contributed by atoms with Crippen LogP contribution in [0.4, 0.5) is 0 Å². The summed E-state index contributed by atoms with van der Waals surface area (Å²) >= 11 is 0. The molecular weight excluding hydrogens is 380 g/mol. The van der Waals surface area contributed by atoms with Crippen molar-refractivity contribution in [3.8, 4) is 5.69 Å². The summed E-state index contributed by atoms with van der Waals surface area (Å²) in [7, 11) is 1.63. The van der Waals surface area contributed by atoms with Gasteiger partial charge in [0.15, 0.2) is 0 Å². The Kier molecular flexibility index (Phi) is 5.37. The first-order chi connectivity index (χ1) is 14.5. The molecule has 0 aliphatic heterocycles. The van der Waals surface area contributed by atoms with Gasteiger partial charge in [-0.2, -0.15) is 0 Å². The Morgan fingerprint density at radius 2 is 1.97 bits per heavy atom. The molecule has 0 bridgehead atoms. The van der Waals surface area contributed by atoms with Crippen LogP contribution in [0.3, 0.4) is 0 Å². The number of hydrogen-bond donors (Lipinski definition) is 2. The van der Waals surface area contributed by atoms with Crippen LogP contribution in [0.2, 0.25) is 0 Å². The number of ether oxygens (including phenoxy) is 1. The van der Waals surface area contributed by atoms with Crippen LogP contribution in [0.25, 0.3) is 27.5 Å². The van der Waals surface area contributed by atoms with E-state index in [9.17, 15) is 9.59 Å². The van der Waals surface area contributed by atoms with E-state index < -0.39 is 0 Å². The zero-order chi connectivity index (χ0) is 21.3. The van der Waals surface area contributed by atoms with Crippen molar-refractivity contribution in [1.82, 2.24) is 20.1 Å². The van der Waals surface area contributed by atoms with Crippen molar-refractivity contribution < 1.29 is 9.53 Å². The second-order valence-corrected chi connectivity index (χ2v) is 7.40. The molecule has 2 N–H and O–H groups in total. The number of nitrogens with one attached hydrogen (secondary N) is 2. The van der Waals surface area contributed by atoms with Gasteiger partial charge in [0.2, 0.25) is 0 Å². The fraction of sp³-hybridized carbons (Fsp3) is 0.261. The van der Waals surface area contributed by atoms with Gasteiger partial charge in [0, 0.05) is 37.4 Å². The highest BCUT2D eigenvalue weighted by Crippen LogP contribution is 2.23.